The molecule has 9 nitrogen and oxygen atoms in total. The minimum atomic E-state index is -5.18. The number of anilines is 1. The van der Waals surface area contributed by atoms with Gasteiger partial charge in [-0.15, -0.1) is 0 Å². The molecular weight excluding hydrogens is 523 g/mol. The van der Waals surface area contributed by atoms with Crippen molar-refractivity contribution in [2.24, 2.45) is 13.0 Å². The predicted octanol–water partition coefficient (Wildman–Crippen LogP) is 3.28. The zero-order valence-corrected chi connectivity index (χ0v) is 20.6. The lowest BCUT2D eigenvalue weighted by atomic mass is 10.0. The molecule has 0 radical (unpaired) electrons. The van der Waals surface area contributed by atoms with E-state index in [9.17, 15) is 35.5 Å². The lowest BCUT2D eigenvalue weighted by molar-refractivity contribution is -0.140. The van der Waals surface area contributed by atoms with Gasteiger partial charge in [-0.05, 0) is 18.4 Å². The fourth-order valence-corrected chi connectivity index (χ4v) is 5.88. The van der Waals surface area contributed by atoms with E-state index < -0.39 is 44.7 Å². The molecule has 37 heavy (non-hydrogen) atoms. The number of fused-ring (bicyclic) bond motifs is 1. The number of sulfonamides is 1. The van der Waals surface area contributed by atoms with E-state index in [2.05, 4.69) is 15.1 Å². The molecule has 3 aromatic rings. The summed E-state index contributed by atoms with van der Waals surface area (Å²) in [6, 6.07) is 0.00201. The maximum absolute atomic E-state index is 14.7. The summed E-state index contributed by atoms with van der Waals surface area (Å²) in [5.41, 5.74) is -2.71. The summed E-state index contributed by atoms with van der Waals surface area (Å²) in [5, 5.41) is 13.9. The van der Waals surface area contributed by atoms with Crippen LogP contribution in [0.5, 0.6) is 5.75 Å². The van der Waals surface area contributed by atoms with Gasteiger partial charge in [0.15, 0.2) is 23.0 Å². The van der Waals surface area contributed by atoms with Gasteiger partial charge in [0.2, 0.25) is 16.0 Å². The minimum absolute atomic E-state index is 0.0913. The Bertz CT molecular complexity index is 1490. The van der Waals surface area contributed by atoms with Gasteiger partial charge in [-0.2, -0.15) is 27.6 Å². The number of aromatic nitrogens is 4. The van der Waals surface area contributed by atoms with Crippen LogP contribution in [0, 0.1) is 17.6 Å². The van der Waals surface area contributed by atoms with E-state index in [1.807, 2.05) is 4.90 Å². The van der Waals surface area contributed by atoms with Crippen LogP contribution in [0.25, 0.3) is 22.3 Å². The van der Waals surface area contributed by atoms with Crippen molar-refractivity contribution in [1.82, 2.24) is 24.1 Å². The molecule has 0 bridgehead atoms. The average molecular weight is 547 g/mol. The van der Waals surface area contributed by atoms with Gasteiger partial charge in [-0.25, -0.2) is 26.9 Å². The average Bonchev–Trinajstić information content (AvgIpc) is 3.57. The molecule has 1 saturated carbocycles. The summed E-state index contributed by atoms with van der Waals surface area (Å²) in [6.45, 7) is 0.920. The first-order valence-electron chi connectivity index (χ1n) is 11.5. The van der Waals surface area contributed by atoms with Gasteiger partial charge in [0.05, 0.1) is 17.2 Å². The molecule has 2 aromatic heterocycles. The quantitative estimate of drug-likeness (QED) is 0.490. The van der Waals surface area contributed by atoms with Gasteiger partial charge in [-0.3, -0.25) is 0 Å². The molecule has 2 aliphatic rings. The number of aromatic hydroxyl groups is 1. The van der Waals surface area contributed by atoms with Crippen molar-refractivity contribution >= 4 is 27.0 Å². The second-order valence-corrected chi connectivity index (χ2v) is 11.4. The van der Waals surface area contributed by atoms with Gasteiger partial charge in [-0.1, -0.05) is 12.8 Å². The van der Waals surface area contributed by atoms with E-state index >= 15 is 0 Å². The Balaban J connectivity index is 1.52. The predicted molar refractivity (Wildman–Crippen MR) is 123 cm³/mol. The van der Waals surface area contributed by atoms with E-state index in [4.69, 9.17) is 0 Å². The van der Waals surface area contributed by atoms with Crippen LogP contribution >= 0.6 is 0 Å². The molecular formula is C22H23F5N6O3S. The first kappa shape index (κ1) is 25.6. The van der Waals surface area contributed by atoms with E-state index in [-0.39, 0.29) is 41.3 Å². The summed E-state index contributed by atoms with van der Waals surface area (Å²) < 4.78 is 95.7. The number of benzene rings is 1. The lowest BCUT2D eigenvalue weighted by Gasteiger charge is -2.40. The SMILES string of the molecule is Cn1nc(-c2cc(C(F)(F)F)c(F)c(O)c2F)c2cnc(N3CCN(S(C)(=O)=O)C(CC4CC4)C3)nc21. The third-order valence-corrected chi connectivity index (χ3v) is 8.08. The molecule has 1 N–H and O–H groups in total. The lowest BCUT2D eigenvalue weighted by Crippen LogP contribution is -2.55. The van der Waals surface area contributed by atoms with Gasteiger partial charge in [0.25, 0.3) is 0 Å². The van der Waals surface area contributed by atoms with Crippen molar-refractivity contribution < 1.29 is 35.5 Å². The van der Waals surface area contributed by atoms with Gasteiger partial charge in [0, 0.05) is 44.5 Å². The second-order valence-electron chi connectivity index (χ2n) is 9.48. The normalized spacial score (nSPS) is 19.6. The second kappa shape index (κ2) is 8.75. The molecule has 5 rings (SSSR count). The first-order chi connectivity index (χ1) is 17.3. The van der Waals surface area contributed by atoms with Crippen LogP contribution in [0.4, 0.5) is 27.9 Å². The highest BCUT2D eigenvalue weighted by molar-refractivity contribution is 7.88. The molecule has 1 aliphatic heterocycles. The van der Waals surface area contributed by atoms with E-state index in [1.165, 1.54) is 28.5 Å². The summed E-state index contributed by atoms with van der Waals surface area (Å²) in [5.74, 6) is -4.72. The van der Waals surface area contributed by atoms with Crippen LogP contribution in [-0.2, 0) is 23.2 Å². The molecule has 200 valence electrons. The standard InChI is InChI=1S/C22H23F5N6O3S/c1-31-20-14(18(30-31)13-8-15(22(25,26)27)17(24)19(34)16(13)23)9-28-21(29-20)32-5-6-33(37(2,35)36)12(10-32)7-11-3-4-11/h8-9,11-12,34H,3-7,10H2,1-2H3. The Morgan fingerprint density at radius 2 is 1.86 bits per heavy atom. The molecule has 0 amide bonds. The number of halogens is 5. The van der Waals surface area contributed by atoms with Crippen LogP contribution in [0.2, 0.25) is 0 Å². The van der Waals surface area contributed by atoms with Gasteiger partial charge >= 0.3 is 6.18 Å². The van der Waals surface area contributed by atoms with Crippen LogP contribution in [-0.4, -0.2) is 69.5 Å². The van der Waals surface area contributed by atoms with Gasteiger partial charge < -0.3 is 10.0 Å². The van der Waals surface area contributed by atoms with Crippen molar-refractivity contribution in [3.8, 4) is 17.0 Å². The zero-order valence-electron chi connectivity index (χ0n) is 19.8. The molecule has 2 fully saturated rings. The van der Waals surface area contributed by atoms with Crippen molar-refractivity contribution in [3.63, 3.8) is 0 Å². The molecule has 1 unspecified atom stereocenters. The highest BCUT2D eigenvalue weighted by Gasteiger charge is 2.39. The molecule has 1 atom stereocenters. The van der Waals surface area contributed by atoms with Crippen LogP contribution in [0.3, 0.4) is 0 Å². The molecule has 1 aliphatic carbocycles. The third kappa shape index (κ3) is 4.69. The molecule has 1 saturated heterocycles. The number of phenols is 1. The number of rotatable bonds is 5. The Labute approximate surface area is 208 Å². The Morgan fingerprint density at radius 3 is 2.49 bits per heavy atom. The van der Waals surface area contributed by atoms with Crippen LogP contribution in [0.15, 0.2) is 12.3 Å². The summed E-state index contributed by atoms with van der Waals surface area (Å²) >= 11 is 0. The Morgan fingerprint density at radius 1 is 1.16 bits per heavy atom. The third-order valence-electron chi connectivity index (χ3n) is 6.75. The number of nitrogens with zero attached hydrogens (tertiary/aromatic N) is 6. The Hall–Kier alpha value is -3.07. The van der Waals surface area contributed by atoms with Crippen molar-refractivity contribution in [2.45, 2.75) is 31.5 Å². The number of alkyl halides is 3. The summed E-state index contributed by atoms with van der Waals surface area (Å²) in [7, 11) is -1.95. The van der Waals surface area contributed by atoms with E-state index in [0.29, 0.717) is 19.0 Å². The number of hydrogen-bond donors (Lipinski definition) is 1. The van der Waals surface area contributed by atoms with E-state index in [0.717, 1.165) is 19.3 Å². The zero-order chi connectivity index (χ0) is 26.9. The molecule has 1 aromatic carbocycles. The maximum atomic E-state index is 14.7. The number of aryl methyl sites for hydroxylation is 1. The smallest absolute Gasteiger partial charge is 0.419 e. The van der Waals surface area contributed by atoms with Crippen LogP contribution < -0.4 is 4.90 Å². The molecule has 15 heteroatoms. The fourth-order valence-electron chi connectivity index (χ4n) is 4.77. The van der Waals surface area contributed by atoms with Crippen molar-refractivity contribution in [3.05, 3.63) is 29.5 Å². The first-order valence-corrected chi connectivity index (χ1v) is 13.3. The Kier molecular flexibility index (Phi) is 6.05. The fraction of sp³-hybridized carbons (Fsp3) is 0.500. The minimum Gasteiger partial charge on any atom is -0.503 e. The maximum Gasteiger partial charge on any atom is 0.419 e. The number of hydrogen-bond acceptors (Lipinski definition) is 7. The van der Waals surface area contributed by atoms with Gasteiger partial charge in [0.1, 0.15) is 5.69 Å². The van der Waals surface area contributed by atoms with E-state index in [1.54, 1.807) is 0 Å². The molecule has 3 heterocycles. The highest BCUT2D eigenvalue weighted by Crippen LogP contribution is 2.41. The number of piperazine rings is 1. The topological polar surface area (TPSA) is 104 Å². The number of phenolic OH excluding ortho intramolecular Hbond substituents is 1. The monoisotopic (exact) mass is 546 g/mol. The largest absolute Gasteiger partial charge is 0.503 e. The van der Waals surface area contributed by atoms with Crippen molar-refractivity contribution in [1.29, 1.82) is 0 Å². The molecule has 0 spiro atoms. The highest BCUT2D eigenvalue weighted by atomic mass is 32.2. The summed E-state index contributed by atoms with van der Waals surface area (Å²) in [4.78, 5) is 10.6. The van der Waals surface area contributed by atoms with Crippen LogP contribution in [0.1, 0.15) is 24.8 Å². The summed E-state index contributed by atoms with van der Waals surface area (Å²) in [6.07, 6.45) is 0.102. The van der Waals surface area contributed by atoms with Crippen molar-refractivity contribution in [2.75, 3.05) is 30.8 Å².